The molecule has 0 saturated heterocycles. The molecule has 2 saturated carbocycles. The van der Waals surface area contributed by atoms with Gasteiger partial charge >= 0.3 is 5.97 Å². The minimum atomic E-state index is -0.669. The average Bonchev–Trinajstić information content (AvgIpc) is 2.26. The Labute approximate surface area is 95.9 Å². The first-order valence-electron chi connectivity index (χ1n) is 5.97. The minimum Gasteiger partial charge on any atom is -0.481 e. The van der Waals surface area contributed by atoms with Gasteiger partial charge in [-0.3, -0.25) is 4.79 Å². The van der Waals surface area contributed by atoms with E-state index in [1.54, 1.807) is 14.2 Å². The Bertz CT molecular complexity index is 256. The zero-order chi connectivity index (χ0) is 11.8. The molecule has 0 aromatic carbocycles. The molecule has 2 aliphatic carbocycles. The predicted octanol–water partition coefficient (Wildman–Crippen LogP) is 1.89. The summed E-state index contributed by atoms with van der Waals surface area (Å²) in [6, 6.07) is 0. The molecular weight excluding hydrogens is 208 g/mol. The second kappa shape index (κ2) is 4.34. The lowest BCUT2D eigenvalue weighted by Gasteiger charge is -2.52. The number of ether oxygens (including phenoxy) is 2. The van der Waals surface area contributed by atoms with Crippen molar-refractivity contribution in [1.82, 2.24) is 0 Å². The van der Waals surface area contributed by atoms with Crippen molar-refractivity contribution in [3.8, 4) is 0 Å². The molecule has 4 nitrogen and oxygen atoms in total. The normalized spacial score (nSPS) is 37.0. The number of rotatable bonds is 3. The Morgan fingerprint density at radius 3 is 2.06 bits per heavy atom. The van der Waals surface area contributed by atoms with E-state index in [1.165, 1.54) is 0 Å². The number of carbonyl (C=O) groups is 1. The van der Waals surface area contributed by atoms with Crippen molar-refractivity contribution in [2.24, 2.45) is 17.8 Å². The third-order valence-electron chi connectivity index (χ3n) is 4.37. The minimum absolute atomic E-state index is 0.214. The van der Waals surface area contributed by atoms with Crippen molar-refractivity contribution >= 4 is 5.97 Å². The first-order chi connectivity index (χ1) is 7.64. The first kappa shape index (κ1) is 11.9. The molecule has 2 bridgehead atoms. The summed E-state index contributed by atoms with van der Waals surface area (Å²) < 4.78 is 11.2. The molecule has 1 N–H and O–H groups in total. The van der Waals surface area contributed by atoms with Crippen LogP contribution in [0.2, 0.25) is 0 Å². The average molecular weight is 228 g/mol. The quantitative estimate of drug-likeness (QED) is 0.749. The molecule has 16 heavy (non-hydrogen) atoms. The van der Waals surface area contributed by atoms with Crippen LogP contribution in [0.4, 0.5) is 0 Å². The summed E-state index contributed by atoms with van der Waals surface area (Å²) in [4.78, 5) is 11.1. The molecule has 0 aromatic rings. The molecule has 2 rings (SSSR count). The summed E-state index contributed by atoms with van der Waals surface area (Å²) in [5.41, 5.74) is 0. The maximum Gasteiger partial charge on any atom is 0.306 e. The van der Waals surface area contributed by atoms with Gasteiger partial charge in [-0.25, -0.2) is 0 Å². The second-order valence-electron chi connectivity index (χ2n) is 4.96. The largest absolute Gasteiger partial charge is 0.481 e. The third kappa shape index (κ3) is 1.64. The molecule has 2 aliphatic rings. The Balaban J connectivity index is 2.22. The molecule has 0 heterocycles. The highest BCUT2D eigenvalue weighted by Crippen LogP contribution is 2.51. The van der Waals surface area contributed by atoms with E-state index < -0.39 is 11.8 Å². The summed E-state index contributed by atoms with van der Waals surface area (Å²) in [5, 5.41) is 9.13. The fourth-order valence-corrected chi connectivity index (χ4v) is 3.65. The number of fused-ring (bicyclic) bond motifs is 2. The molecule has 0 amide bonds. The smallest absolute Gasteiger partial charge is 0.306 e. The van der Waals surface area contributed by atoms with Crippen molar-refractivity contribution in [3.63, 3.8) is 0 Å². The van der Waals surface area contributed by atoms with Crippen molar-refractivity contribution in [3.05, 3.63) is 0 Å². The van der Waals surface area contributed by atoms with E-state index in [-0.39, 0.29) is 17.8 Å². The van der Waals surface area contributed by atoms with Gasteiger partial charge in [-0.2, -0.15) is 0 Å². The van der Waals surface area contributed by atoms with Crippen LogP contribution in [0.1, 0.15) is 32.1 Å². The van der Waals surface area contributed by atoms with Crippen LogP contribution in [0, 0.1) is 17.8 Å². The van der Waals surface area contributed by atoms with Crippen LogP contribution in [-0.2, 0) is 14.3 Å². The molecule has 3 atom stereocenters. The van der Waals surface area contributed by atoms with Crippen LogP contribution in [0.25, 0.3) is 0 Å². The van der Waals surface area contributed by atoms with Gasteiger partial charge in [0.1, 0.15) is 0 Å². The lowest BCUT2D eigenvalue weighted by molar-refractivity contribution is -0.300. The maximum atomic E-state index is 11.1. The number of methoxy groups -OCH3 is 2. The van der Waals surface area contributed by atoms with Crippen molar-refractivity contribution in [1.29, 1.82) is 0 Å². The Morgan fingerprint density at radius 1 is 1.19 bits per heavy atom. The van der Waals surface area contributed by atoms with E-state index in [1.807, 2.05) is 0 Å². The van der Waals surface area contributed by atoms with Gasteiger partial charge in [0.15, 0.2) is 5.79 Å². The third-order valence-corrected chi connectivity index (χ3v) is 4.37. The molecular formula is C12H20O4. The summed E-state index contributed by atoms with van der Waals surface area (Å²) in [7, 11) is 3.35. The van der Waals surface area contributed by atoms with E-state index >= 15 is 0 Å². The summed E-state index contributed by atoms with van der Waals surface area (Å²) in [6.07, 6.45) is 4.57. The number of carboxylic acids is 1. The number of hydrogen-bond donors (Lipinski definition) is 1. The fourth-order valence-electron chi connectivity index (χ4n) is 3.65. The first-order valence-corrected chi connectivity index (χ1v) is 5.97. The van der Waals surface area contributed by atoms with Crippen molar-refractivity contribution in [2.75, 3.05) is 14.2 Å². The number of hydrogen-bond acceptors (Lipinski definition) is 3. The van der Waals surface area contributed by atoms with Crippen LogP contribution in [0.15, 0.2) is 0 Å². The van der Waals surface area contributed by atoms with Crippen LogP contribution >= 0.6 is 0 Å². The van der Waals surface area contributed by atoms with E-state index in [0.29, 0.717) is 12.8 Å². The Morgan fingerprint density at radius 2 is 1.69 bits per heavy atom. The van der Waals surface area contributed by atoms with Gasteiger partial charge < -0.3 is 14.6 Å². The molecule has 0 aromatic heterocycles. The van der Waals surface area contributed by atoms with Gasteiger partial charge in [-0.05, 0) is 25.7 Å². The van der Waals surface area contributed by atoms with Crippen molar-refractivity contribution in [2.45, 2.75) is 37.9 Å². The molecule has 92 valence electrons. The van der Waals surface area contributed by atoms with Crippen LogP contribution in [0.5, 0.6) is 0 Å². The topological polar surface area (TPSA) is 55.8 Å². The molecule has 1 unspecified atom stereocenters. The SMILES string of the molecule is COC1(OC)[C@@H]2CCC[C@H]1CC(C(=O)O)C2. The highest BCUT2D eigenvalue weighted by Gasteiger charge is 2.54. The van der Waals surface area contributed by atoms with Gasteiger partial charge in [0.2, 0.25) is 0 Å². The van der Waals surface area contributed by atoms with E-state index in [9.17, 15) is 4.79 Å². The molecule has 0 spiro atoms. The summed E-state index contributed by atoms with van der Waals surface area (Å²) >= 11 is 0. The number of aliphatic carboxylic acids is 1. The van der Waals surface area contributed by atoms with E-state index in [0.717, 1.165) is 19.3 Å². The molecule has 2 fully saturated rings. The monoisotopic (exact) mass is 228 g/mol. The maximum absolute atomic E-state index is 11.1. The Kier molecular flexibility index (Phi) is 3.22. The fraction of sp³-hybridized carbons (Fsp3) is 0.917. The van der Waals surface area contributed by atoms with Crippen LogP contribution < -0.4 is 0 Å². The number of carboxylic acid groups (broad SMARTS) is 1. The zero-order valence-electron chi connectivity index (χ0n) is 9.94. The van der Waals surface area contributed by atoms with Gasteiger partial charge in [0, 0.05) is 26.1 Å². The van der Waals surface area contributed by atoms with E-state index in [4.69, 9.17) is 14.6 Å². The molecule has 0 aliphatic heterocycles. The van der Waals surface area contributed by atoms with Gasteiger partial charge in [-0.15, -0.1) is 0 Å². The standard InChI is InChI=1S/C12H20O4/c1-15-12(16-2)9-4-3-5-10(12)7-8(6-9)11(13)14/h8-10H,3-7H2,1-2H3,(H,13,14)/t8?,9-,10+. The summed E-state index contributed by atoms with van der Waals surface area (Å²) in [6.45, 7) is 0. The van der Waals surface area contributed by atoms with E-state index in [2.05, 4.69) is 0 Å². The van der Waals surface area contributed by atoms with Gasteiger partial charge in [0.05, 0.1) is 5.92 Å². The zero-order valence-corrected chi connectivity index (χ0v) is 9.94. The highest BCUT2D eigenvalue weighted by atomic mass is 16.7. The second-order valence-corrected chi connectivity index (χ2v) is 4.96. The molecule has 4 heteroatoms. The predicted molar refractivity (Wildman–Crippen MR) is 57.9 cm³/mol. The Hall–Kier alpha value is -0.610. The van der Waals surface area contributed by atoms with Gasteiger partial charge in [-0.1, -0.05) is 6.42 Å². The van der Waals surface area contributed by atoms with Crippen LogP contribution in [0.3, 0.4) is 0 Å². The summed E-state index contributed by atoms with van der Waals surface area (Å²) in [5.74, 6) is -0.942. The highest BCUT2D eigenvalue weighted by molar-refractivity contribution is 5.70. The van der Waals surface area contributed by atoms with Crippen molar-refractivity contribution < 1.29 is 19.4 Å². The lowest BCUT2D eigenvalue weighted by atomic mass is 9.63. The lowest BCUT2D eigenvalue weighted by Crippen LogP contribution is -2.55. The molecule has 0 radical (unpaired) electrons. The van der Waals surface area contributed by atoms with Gasteiger partial charge in [0.25, 0.3) is 0 Å². The van der Waals surface area contributed by atoms with Crippen LogP contribution in [-0.4, -0.2) is 31.1 Å².